The zero-order chi connectivity index (χ0) is 24.0. The molecule has 12 nitrogen and oxygen atoms in total. The van der Waals surface area contributed by atoms with E-state index in [4.69, 9.17) is 0 Å². The van der Waals surface area contributed by atoms with E-state index in [1.807, 2.05) is 27.7 Å². The van der Waals surface area contributed by atoms with Crippen molar-refractivity contribution < 1.29 is 19.7 Å². The first kappa shape index (κ1) is 28.3. The third-order valence-electron chi connectivity index (χ3n) is 3.34. The Kier molecular flexibility index (Phi) is 13.3. The van der Waals surface area contributed by atoms with E-state index in [1.54, 1.807) is 0 Å². The Bertz CT molecular complexity index is 762. The smallest absolute Gasteiger partial charge is 0.258 e. The zero-order valence-electron chi connectivity index (χ0n) is 17.5. The van der Waals surface area contributed by atoms with Crippen molar-refractivity contribution in [1.82, 2.24) is 0 Å². The standard InChI is InChI=1S/2C7H6N2O4.2C2H6/c2*1-5-6(8(10)11)3-2-4-7(5)9(12)13;2*1-2/h2*2-4H,1H3;2*1-2H3. The molecule has 0 amide bonds. The van der Waals surface area contributed by atoms with E-state index in [1.165, 1.54) is 50.2 Å². The van der Waals surface area contributed by atoms with Gasteiger partial charge in [-0.15, -0.1) is 0 Å². The Labute approximate surface area is 172 Å². The van der Waals surface area contributed by atoms with Crippen molar-refractivity contribution in [1.29, 1.82) is 0 Å². The molecule has 30 heavy (non-hydrogen) atoms. The molecule has 0 aliphatic heterocycles. The fourth-order valence-electron chi connectivity index (χ4n) is 2.01. The number of rotatable bonds is 4. The van der Waals surface area contributed by atoms with E-state index in [0.717, 1.165) is 0 Å². The number of nitro benzene ring substituents is 4. The fourth-order valence-corrected chi connectivity index (χ4v) is 2.01. The molecule has 0 spiro atoms. The highest BCUT2D eigenvalue weighted by Gasteiger charge is 2.20. The molecule has 0 aliphatic carbocycles. The second kappa shape index (κ2) is 14.1. The molecule has 0 unspecified atom stereocenters. The summed E-state index contributed by atoms with van der Waals surface area (Å²) in [7, 11) is 0. The minimum atomic E-state index is -0.637. The number of nitro groups is 4. The van der Waals surface area contributed by atoms with Crippen LogP contribution in [0.4, 0.5) is 22.7 Å². The molecule has 2 aromatic rings. The minimum absolute atomic E-state index is 0.0810. The van der Waals surface area contributed by atoms with Crippen LogP contribution in [-0.2, 0) is 0 Å². The molecule has 2 aromatic carbocycles. The lowest BCUT2D eigenvalue weighted by atomic mass is 10.1. The molecule has 0 N–H and O–H groups in total. The minimum Gasteiger partial charge on any atom is -0.258 e. The van der Waals surface area contributed by atoms with Crippen molar-refractivity contribution in [3.63, 3.8) is 0 Å². The Morgan fingerprint density at radius 3 is 0.800 bits per heavy atom. The normalized spacial score (nSPS) is 8.73. The summed E-state index contributed by atoms with van der Waals surface area (Å²) in [5.74, 6) is 0. The molecule has 0 heterocycles. The zero-order valence-corrected chi connectivity index (χ0v) is 17.5. The van der Waals surface area contributed by atoms with Crippen molar-refractivity contribution in [2.75, 3.05) is 0 Å². The maximum Gasteiger partial charge on any atom is 0.279 e. The monoisotopic (exact) mass is 424 g/mol. The van der Waals surface area contributed by atoms with Crippen LogP contribution in [0.5, 0.6) is 0 Å². The van der Waals surface area contributed by atoms with E-state index in [-0.39, 0.29) is 33.9 Å². The van der Waals surface area contributed by atoms with Crippen LogP contribution in [0.3, 0.4) is 0 Å². The van der Waals surface area contributed by atoms with Crippen molar-refractivity contribution >= 4 is 22.7 Å². The van der Waals surface area contributed by atoms with Gasteiger partial charge in [-0.05, 0) is 26.0 Å². The number of hydrogen-bond donors (Lipinski definition) is 0. The van der Waals surface area contributed by atoms with Crippen LogP contribution in [-0.4, -0.2) is 19.7 Å². The highest BCUT2D eigenvalue weighted by molar-refractivity contribution is 5.53. The molecular formula is C18H24N4O8. The summed E-state index contributed by atoms with van der Waals surface area (Å²) in [6, 6.07) is 7.54. The number of benzene rings is 2. The van der Waals surface area contributed by atoms with Crippen LogP contribution >= 0.6 is 0 Å². The Hall–Kier alpha value is -3.96. The predicted octanol–water partition coefficient (Wildman–Crippen LogP) is 5.68. The summed E-state index contributed by atoms with van der Waals surface area (Å²) in [4.78, 5) is 39.0. The van der Waals surface area contributed by atoms with Gasteiger partial charge in [0.05, 0.1) is 19.7 Å². The van der Waals surface area contributed by atoms with Crippen LogP contribution in [0.1, 0.15) is 38.8 Å². The lowest BCUT2D eigenvalue weighted by Gasteiger charge is -1.96. The lowest BCUT2D eigenvalue weighted by molar-refractivity contribution is -0.395. The predicted molar refractivity (Wildman–Crippen MR) is 112 cm³/mol. The van der Waals surface area contributed by atoms with Crippen LogP contribution < -0.4 is 0 Å². The van der Waals surface area contributed by atoms with E-state index < -0.39 is 19.7 Å². The summed E-state index contributed by atoms with van der Waals surface area (Å²) >= 11 is 0. The van der Waals surface area contributed by atoms with E-state index in [2.05, 4.69) is 0 Å². The van der Waals surface area contributed by atoms with Gasteiger partial charge in [0.1, 0.15) is 11.1 Å². The molecule has 0 atom stereocenters. The van der Waals surface area contributed by atoms with E-state index in [9.17, 15) is 40.5 Å². The summed E-state index contributed by atoms with van der Waals surface area (Å²) < 4.78 is 0. The average molecular weight is 424 g/mol. The maximum absolute atomic E-state index is 10.4. The van der Waals surface area contributed by atoms with Gasteiger partial charge in [0.25, 0.3) is 22.7 Å². The van der Waals surface area contributed by atoms with Gasteiger partial charge >= 0.3 is 0 Å². The van der Waals surface area contributed by atoms with Crippen molar-refractivity contribution in [3.05, 3.63) is 88.0 Å². The van der Waals surface area contributed by atoms with Gasteiger partial charge in [0.15, 0.2) is 0 Å². The van der Waals surface area contributed by atoms with Gasteiger partial charge in [-0.1, -0.05) is 27.7 Å². The first-order chi connectivity index (χ1) is 14.1. The second-order valence-corrected chi connectivity index (χ2v) is 4.87. The van der Waals surface area contributed by atoms with E-state index in [0.29, 0.717) is 0 Å². The summed E-state index contributed by atoms with van der Waals surface area (Å²) in [5.41, 5.74) is -0.748. The van der Waals surface area contributed by atoms with Crippen molar-refractivity contribution in [2.24, 2.45) is 0 Å². The third-order valence-corrected chi connectivity index (χ3v) is 3.34. The van der Waals surface area contributed by atoms with Crippen LogP contribution in [0.25, 0.3) is 0 Å². The largest absolute Gasteiger partial charge is 0.279 e. The molecule has 12 heteroatoms. The molecule has 0 bridgehead atoms. The molecule has 0 aromatic heterocycles. The quantitative estimate of drug-likeness (QED) is 0.445. The maximum atomic E-state index is 10.4. The molecular weight excluding hydrogens is 400 g/mol. The highest BCUT2D eigenvalue weighted by atomic mass is 16.6. The van der Waals surface area contributed by atoms with Crippen molar-refractivity contribution in [3.8, 4) is 0 Å². The molecule has 0 saturated heterocycles. The molecule has 2 rings (SSSR count). The number of nitrogens with zero attached hydrogens (tertiary/aromatic N) is 4. The molecule has 0 saturated carbocycles. The Balaban J connectivity index is 0. The van der Waals surface area contributed by atoms with E-state index >= 15 is 0 Å². The summed E-state index contributed by atoms with van der Waals surface area (Å²) in [6.07, 6.45) is 0. The lowest BCUT2D eigenvalue weighted by Crippen LogP contribution is -1.96. The van der Waals surface area contributed by atoms with Gasteiger partial charge in [-0.2, -0.15) is 0 Å². The average Bonchev–Trinajstić information content (AvgIpc) is 2.71. The molecule has 0 aliphatic rings. The van der Waals surface area contributed by atoms with Gasteiger partial charge in [-0.25, -0.2) is 0 Å². The SMILES string of the molecule is CC.CC.Cc1c([N+](=O)[O-])cccc1[N+](=O)[O-].Cc1c([N+](=O)[O-])cccc1[N+](=O)[O-]. The van der Waals surface area contributed by atoms with Crippen LogP contribution in [0.2, 0.25) is 0 Å². The molecule has 164 valence electrons. The Morgan fingerprint density at radius 1 is 0.500 bits per heavy atom. The van der Waals surface area contributed by atoms with Crippen molar-refractivity contribution in [2.45, 2.75) is 41.5 Å². The van der Waals surface area contributed by atoms with Gasteiger partial charge in [0, 0.05) is 24.3 Å². The van der Waals surface area contributed by atoms with Gasteiger partial charge in [-0.3, -0.25) is 40.5 Å². The second-order valence-electron chi connectivity index (χ2n) is 4.87. The van der Waals surface area contributed by atoms with Gasteiger partial charge < -0.3 is 0 Å². The first-order valence-electron chi connectivity index (χ1n) is 8.84. The fraction of sp³-hybridized carbons (Fsp3) is 0.333. The summed E-state index contributed by atoms with van der Waals surface area (Å²) in [5, 5.41) is 41.5. The van der Waals surface area contributed by atoms with Crippen LogP contribution in [0.15, 0.2) is 36.4 Å². The van der Waals surface area contributed by atoms with Gasteiger partial charge in [0.2, 0.25) is 0 Å². The first-order valence-corrected chi connectivity index (χ1v) is 8.84. The topological polar surface area (TPSA) is 173 Å². The highest BCUT2D eigenvalue weighted by Crippen LogP contribution is 2.27. The third kappa shape index (κ3) is 7.96. The summed E-state index contributed by atoms with van der Waals surface area (Å²) in [6.45, 7) is 10.7. The molecule has 0 fully saturated rings. The molecule has 0 radical (unpaired) electrons. The number of hydrogen-bond acceptors (Lipinski definition) is 8. The van der Waals surface area contributed by atoms with Crippen LogP contribution in [0, 0.1) is 54.3 Å². The Morgan fingerprint density at radius 2 is 0.667 bits per heavy atom.